The third-order valence-electron chi connectivity index (χ3n) is 6.15. The van der Waals surface area contributed by atoms with E-state index in [-0.39, 0.29) is 24.2 Å². The van der Waals surface area contributed by atoms with E-state index < -0.39 is 34.3 Å². The molecule has 7 nitrogen and oxygen atoms in total. The number of carbonyl (C=O) groups is 2. The molecule has 2 amide bonds. The van der Waals surface area contributed by atoms with Crippen molar-refractivity contribution in [2.24, 2.45) is 0 Å². The topological polar surface area (TPSA) is 86.8 Å². The first kappa shape index (κ1) is 26.9. The third kappa shape index (κ3) is 7.41. The van der Waals surface area contributed by atoms with Gasteiger partial charge in [-0.3, -0.25) is 13.9 Å². The summed E-state index contributed by atoms with van der Waals surface area (Å²) in [6, 6.07) is 11.0. The summed E-state index contributed by atoms with van der Waals surface area (Å²) in [6.45, 7) is 1.35. The monoisotopic (exact) mass is 523 g/mol. The Kier molecular flexibility index (Phi) is 9.13. The Bertz CT molecular complexity index is 1120. The highest BCUT2D eigenvalue weighted by atomic mass is 35.5. The lowest BCUT2D eigenvalue weighted by Gasteiger charge is -2.33. The maximum Gasteiger partial charge on any atom is 0.244 e. The fraction of sp³-hybridized carbons (Fsp3) is 0.440. The fourth-order valence-corrected chi connectivity index (χ4v) is 5.27. The molecule has 3 rings (SSSR count). The molecule has 0 spiro atoms. The van der Waals surface area contributed by atoms with Crippen molar-refractivity contribution in [2.45, 2.75) is 57.7 Å². The Morgan fingerprint density at radius 2 is 1.69 bits per heavy atom. The summed E-state index contributed by atoms with van der Waals surface area (Å²) in [7, 11) is -3.82. The van der Waals surface area contributed by atoms with Crippen LogP contribution in [0.4, 0.5) is 10.1 Å². The van der Waals surface area contributed by atoms with E-state index in [1.54, 1.807) is 31.2 Å². The highest BCUT2D eigenvalue weighted by molar-refractivity contribution is 7.92. The van der Waals surface area contributed by atoms with Crippen molar-refractivity contribution in [3.8, 4) is 0 Å². The summed E-state index contributed by atoms with van der Waals surface area (Å²) in [6.07, 6.45) is 5.24. The van der Waals surface area contributed by atoms with Gasteiger partial charge < -0.3 is 10.2 Å². The van der Waals surface area contributed by atoms with Crippen LogP contribution in [0, 0.1) is 5.82 Å². The van der Waals surface area contributed by atoms with E-state index >= 15 is 0 Å². The minimum atomic E-state index is -3.82. The van der Waals surface area contributed by atoms with Crippen LogP contribution in [0.2, 0.25) is 5.02 Å². The molecule has 190 valence electrons. The summed E-state index contributed by atoms with van der Waals surface area (Å²) in [5.41, 5.74) is 0.916. The van der Waals surface area contributed by atoms with E-state index in [9.17, 15) is 22.4 Å². The molecule has 1 N–H and O–H groups in total. The lowest BCUT2D eigenvalue weighted by Crippen LogP contribution is -2.53. The lowest BCUT2D eigenvalue weighted by molar-refractivity contribution is -0.140. The molecule has 1 saturated carbocycles. The SMILES string of the molecule is CC[C@@H](C(=O)NC1CCCC1)N(Cc1ccc(F)cc1)C(=O)CN(c1ccc(Cl)cc1)S(C)(=O)=O. The zero-order chi connectivity index (χ0) is 25.6. The summed E-state index contributed by atoms with van der Waals surface area (Å²) in [4.78, 5) is 28.2. The first-order chi connectivity index (χ1) is 16.6. The number of sulfonamides is 1. The van der Waals surface area contributed by atoms with Crippen LogP contribution in [-0.4, -0.2) is 50.0 Å². The number of rotatable bonds is 10. The van der Waals surface area contributed by atoms with Gasteiger partial charge in [-0.25, -0.2) is 12.8 Å². The molecule has 0 heterocycles. The number of hydrogen-bond acceptors (Lipinski definition) is 4. The first-order valence-electron chi connectivity index (χ1n) is 11.7. The van der Waals surface area contributed by atoms with E-state index in [4.69, 9.17) is 11.6 Å². The molecule has 0 aromatic heterocycles. The molecule has 1 aliphatic rings. The molecule has 0 unspecified atom stereocenters. The van der Waals surface area contributed by atoms with Crippen molar-refractivity contribution in [2.75, 3.05) is 17.1 Å². The van der Waals surface area contributed by atoms with E-state index in [2.05, 4.69) is 5.32 Å². The quantitative estimate of drug-likeness (QED) is 0.507. The molecule has 0 aliphatic heterocycles. The maximum absolute atomic E-state index is 13.6. The Labute approximate surface area is 211 Å². The molecule has 10 heteroatoms. The molecule has 2 aromatic rings. The van der Waals surface area contributed by atoms with Crippen LogP contribution in [0.15, 0.2) is 48.5 Å². The van der Waals surface area contributed by atoms with Crippen LogP contribution < -0.4 is 9.62 Å². The number of benzene rings is 2. The molecule has 0 bridgehead atoms. The Morgan fingerprint density at radius 1 is 1.09 bits per heavy atom. The van der Waals surface area contributed by atoms with Gasteiger partial charge in [-0.05, 0) is 61.2 Å². The summed E-state index contributed by atoms with van der Waals surface area (Å²) in [5.74, 6) is -1.22. The van der Waals surface area contributed by atoms with Crippen molar-refractivity contribution in [3.63, 3.8) is 0 Å². The van der Waals surface area contributed by atoms with Gasteiger partial charge in [0.2, 0.25) is 21.8 Å². The van der Waals surface area contributed by atoms with Crippen LogP contribution in [-0.2, 0) is 26.2 Å². The Hall–Kier alpha value is -2.65. The van der Waals surface area contributed by atoms with Gasteiger partial charge in [-0.1, -0.05) is 43.5 Å². The van der Waals surface area contributed by atoms with E-state index in [0.29, 0.717) is 17.0 Å². The smallest absolute Gasteiger partial charge is 0.244 e. The number of hydrogen-bond donors (Lipinski definition) is 1. The molecule has 1 atom stereocenters. The second-order valence-electron chi connectivity index (χ2n) is 8.81. The van der Waals surface area contributed by atoms with E-state index in [1.165, 1.54) is 29.2 Å². The van der Waals surface area contributed by atoms with Gasteiger partial charge in [-0.15, -0.1) is 0 Å². The van der Waals surface area contributed by atoms with Crippen molar-refractivity contribution in [1.82, 2.24) is 10.2 Å². The average Bonchev–Trinajstić information content (AvgIpc) is 3.31. The number of nitrogens with one attached hydrogen (secondary N) is 1. The zero-order valence-corrected chi connectivity index (χ0v) is 21.5. The molecular weight excluding hydrogens is 493 g/mol. The highest BCUT2D eigenvalue weighted by Crippen LogP contribution is 2.23. The van der Waals surface area contributed by atoms with Crippen LogP contribution in [0.1, 0.15) is 44.6 Å². The third-order valence-corrected chi connectivity index (χ3v) is 7.54. The normalized spacial score (nSPS) is 15.0. The van der Waals surface area contributed by atoms with Gasteiger partial charge in [0.25, 0.3) is 0 Å². The van der Waals surface area contributed by atoms with Gasteiger partial charge in [-0.2, -0.15) is 0 Å². The largest absolute Gasteiger partial charge is 0.352 e. The lowest BCUT2D eigenvalue weighted by atomic mass is 10.1. The minimum Gasteiger partial charge on any atom is -0.352 e. The van der Waals surface area contributed by atoms with Crippen LogP contribution >= 0.6 is 11.6 Å². The predicted molar refractivity (Wildman–Crippen MR) is 135 cm³/mol. The van der Waals surface area contributed by atoms with Crippen molar-refractivity contribution >= 4 is 39.1 Å². The van der Waals surface area contributed by atoms with Gasteiger partial charge in [0, 0.05) is 17.6 Å². The van der Waals surface area contributed by atoms with Crippen molar-refractivity contribution < 1.29 is 22.4 Å². The maximum atomic E-state index is 13.6. The molecule has 0 radical (unpaired) electrons. The second kappa shape index (κ2) is 11.9. The van der Waals surface area contributed by atoms with Crippen LogP contribution in [0.25, 0.3) is 0 Å². The van der Waals surface area contributed by atoms with Crippen LogP contribution in [0.5, 0.6) is 0 Å². The predicted octanol–water partition coefficient (Wildman–Crippen LogP) is 4.11. The average molecular weight is 524 g/mol. The zero-order valence-electron chi connectivity index (χ0n) is 19.9. The number of nitrogens with zero attached hydrogens (tertiary/aromatic N) is 2. The summed E-state index contributed by atoms with van der Waals surface area (Å²) in [5, 5.41) is 3.47. The standard InChI is InChI=1S/C25H31ClFN3O4S/c1-3-23(25(32)28-21-6-4-5-7-21)29(16-18-8-12-20(27)13-9-18)24(31)17-30(35(2,33)34)22-14-10-19(26)11-15-22/h8-15,21,23H,3-7,16-17H2,1-2H3,(H,28,32)/t23-/m0/s1. The van der Waals surface area contributed by atoms with Gasteiger partial charge in [0.15, 0.2) is 0 Å². The number of halogens is 2. The Morgan fingerprint density at radius 3 is 2.23 bits per heavy atom. The van der Waals surface area contributed by atoms with E-state index in [0.717, 1.165) is 36.2 Å². The molecule has 1 aliphatic carbocycles. The fourth-order valence-electron chi connectivity index (χ4n) is 4.29. The molecular formula is C25H31ClFN3O4S. The second-order valence-corrected chi connectivity index (χ2v) is 11.2. The number of carbonyl (C=O) groups excluding carboxylic acids is 2. The van der Waals surface area contributed by atoms with Crippen LogP contribution in [0.3, 0.4) is 0 Å². The molecule has 0 saturated heterocycles. The van der Waals surface area contributed by atoms with Crippen molar-refractivity contribution in [1.29, 1.82) is 0 Å². The van der Waals surface area contributed by atoms with Gasteiger partial charge in [0.1, 0.15) is 18.4 Å². The minimum absolute atomic E-state index is 0.0356. The highest BCUT2D eigenvalue weighted by Gasteiger charge is 2.33. The van der Waals surface area contributed by atoms with E-state index in [1.807, 2.05) is 0 Å². The Balaban J connectivity index is 1.90. The number of anilines is 1. The number of amides is 2. The first-order valence-corrected chi connectivity index (χ1v) is 13.9. The van der Waals surface area contributed by atoms with Crippen molar-refractivity contribution in [3.05, 3.63) is 64.9 Å². The summed E-state index contributed by atoms with van der Waals surface area (Å²) >= 11 is 5.94. The molecule has 1 fully saturated rings. The molecule has 2 aromatic carbocycles. The van der Waals surface area contributed by atoms with Gasteiger partial charge >= 0.3 is 0 Å². The van der Waals surface area contributed by atoms with Gasteiger partial charge in [0.05, 0.1) is 11.9 Å². The molecule has 35 heavy (non-hydrogen) atoms. The summed E-state index contributed by atoms with van der Waals surface area (Å²) < 4.78 is 39.6.